The van der Waals surface area contributed by atoms with E-state index in [1.807, 2.05) is 30.3 Å². The summed E-state index contributed by atoms with van der Waals surface area (Å²) in [6.45, 7) is 0.605. The summed E-state index contributed by atoms with van der Waals surface area (Å²) in [6, 6.07) is 16.2. The Labute approximate surface area is 117 Å². The second-order valence-electron chi connectivity index (χ2n) is 3.38. The number of hydrogen-bond donors (Lipinski definition) is 0. The van der Waals surface area contributed by atoms with Crippen LogP contribution in [0.15, 0.2) is 53.0 Å². The summed E-state index contributed by atoms with van der Waals surface area (Å²) < 4.78 is 7.92. The molecule has 0 aliphatic carbocycles. The quantitative estimate of drug-likeness (QED) is 0.696. The average molecular weight is 389 g/mol. The summed E-state index contributed by atoms with van der Waals surface area (Å²) in [5.41, 5.74) is 1.18. The fourth-order valence-corrected chi connectivity index (χ4v) is 2.90. The van der Waals surface area contributed by atoms with Crippen LogP contribution in [0.4, 0.5) is 0 Å². The normalized spacial score (nSPS) is 10.1. The Morgan fingerprint density at radius 2 is 1.81 bits per heavy atom. The third-order valence-corrected chi connectivity index (χ3v) is 3.17. The summed E-state index contributed by atoms with van der Waals surface area (Å²) >= 11 is 5.73. The van der Waals surface area contributed by atoms with Crippen molar-refractivity contribution in [2.24, 2.45) is 0 Å². The van der Waals surface area contributed by atoms with E-state index in [2.05, 4.69) is 56.7 Å². The maximum absolute atomic E-state index is 5.72. The molecule has 0 spiro atoms. The van der Waals surface area contributed by atoms with E-state index in [1.54, 1.807) is 0 Å². The molecule has 0 bridgehead atoms. The number of halogens is 2. The molecule has 0 aromatic heterocycles. The van der Waals surface area contributed by atoms with Crippen LogP contribution in [0.2, 0.25) is 0 Å². The Morgan fingerprint density at radius 3 is 2.50 bits per heavy atom. The van der Waals surface area contributed by atoms with Crippen LogP contribution in [0.5, 0.6) is 5.75 Å². The second-order valence-corrected chi connectivity index (χ2v) is 5.54. The lowest BCUT2D eigenvalue weighted by Crippen LogP contribution is -1.95. The predicted octanol–water partition coefficient (Wildman–Crippen LogP) is 4.63. The largest absolute Gasteiger partial charge is 0.489 e. The van der Waals surface area contributed by atoms with Crippen molar-refractivity contribution < 1.29 is 4.74 Å². The van der Waals surface area contributed by atoms with Gasteiger partial charge in [0.1, 0.15) is 12.4 Å². The highest BCUT2D eigenvalue weighted by Gasteiger charge is 1.99. The van der Waals surface area contributed by atoms with E-state index in [1.165, 1.54) is 5.56 Å². The SMILES string of the molecule is Brc1cc(I)cc(OCc2ccccc2)c1. The minimum absolute atomic E-state index is 0.605. The average Bonchev–Trinajstić information content (AvgIpc) is 2.27. The molecule has 3 heteroatoms. The number of rotatable bonds is 3. The highest BCUT2D eigenvalue weighted by Crippen LogP contribution is 2.23. The Hall–Kier alpha value is -0.550. The highest BCUT2D eigenvalue weighted by atomic mass is 127. The summed E-state index contributed by atoms with van der Waals surface area (Å²) in [5, 5.41) is 0. The Balaban J connectivity index is 2.05. The van der Waals surface area contributed by atoms with E-state index in [0.29, 0.717) is 6.61 Å². The molecule has 0 saturated heterocycles. The first kappa shape index (κ1) is 11.9. The van der Waals surface area contributed by atoms with E-state index >= 15 is 0 Å². The lowest BCUT2D eigenvalue weighted by molar-refractivity contribution is 0.306. The third-order valence-electron chi connectivity index (χ3n) is 2.08. The Bertz CT molecular complexity index is 450. The van der Waals surface area contributed by atoms with Gasteiger partial charge in [0.05, 0.1) is 0 Å². The van der Waals surface area contributed by atoms with Crippen molar-refractivity contribution in [2.75, 3.05) is 0 Å². The van der Waals surface area contributed by atoms with E-state index in [9.17, 15) is 0 Å². The van der Waals surface area contributed by atoms with Gasteiger partial charge in [-0.1, -0.05) is 46.3 Å². The first-order valence-electron chi connectivity index (χ1n) is 4.87. The molecule has 0 radical (unpaired) electrons. The zero-order valence-corrected chi connectivity index (χ0v) is 12.2. The van der Waals surface area contributed by atoms with E-state index < -0.39 is 0 Å². The molecule has 0 atom stereocenters. The molecule has 2 aromatic carbocycles. The molecular weight excluding hydrogens is 379 g/mol. The van der Waals surface area contributed by atoms with Crippen molar-refractivity contribution in [3.63, 3.8) is 0 Å². The minimum Gasteiger partial charge on any atom is -0.489 e. The molecule has 0 unspecified atom stereocenters. The van der Waals surface area contributed by atoms with Gasteiger partial charge in [-0.25, -0.2) is 0 Å². The van der Waals surface area contributed by atoms with Crippen LogP contribution in [0, 0.1) is 3.57 Å². The zero-order valence-electron chi connectivity index (χ0n) is 8.49. The lowest BCUT2D eigenvalue weighted by Gasteiger charge is -2.07. The van der Waals surface area contributed by atoms with Gasteiger partial charge in [0.15, 0.2) is 0 Å². The van der Waals surface area contributed by atoms with Crippen molar-refractivity contribution in [1.82, 2.24) is 0 Å². The van der Waals surface area contributed by atoms with Crippen LogP contribution in [-0.4, -0.2) is 0 Å². The van der Waals surface area contributed by atoms with Crippen molar-refractivity contribution in [2.45, 2.75) is 6.61 Å². The number of benzene rings is 2. The molecule has 2 aromatic rings. The fourth-order valence-electron chi connectivity index (χ4n) is 1.35. The van der Waals surface area contributed by atoms with Crippen molar-refractivity contribution in [1.29, 1.82) is 0 Å². The molecule has 82 valence electrons. The molecular formula is C13H10BrIO. The van der Waals surface area contributed by atoms with E-state index in [4.69, 9.17) is 4.74 Å². The monoisotopic (exact) mass is 388 g/mol. The van der Waals surface area contributed by atoms with Gasteiger partial charge in [-0.3, -0.25) is 0 Å². The smallest absolute Gasteiger partial charge is 0.121 e. The highest BCUT2D eigenvalue weighted by molar-refractivity contribution is 14.1. The molecule has 0 N–H and O–H groups in total. The van der Waals surface area contributed by atoms with Gasteiger partial charge >= 0.3 is 0 Å². The maximum atomic E-state index is 5.72. The molecule has 0 aliphatic heterocycles. The third kappa shape index (κ3) is 3.49. The van der Waals surface area contributed by atoms with E-state index in [-0.39, 0.29) is 0 Å². The fraction of sp³-hybridized carbons (Fsp3) is 0.0769. The van der Waals surface area contributed by atoms with Gasteiger partial charge in [-0.2, -0.15) is 0 Å². The summed E-state index contributed by atoms with van der Waals surface area (Å²) in [4.78, 5) is 0. The van der Waals surface area contributed by atoms with Crippen LogP contribution in [0.1, 0.15) is 5.56 Å². The van der Waals surface area contributed by atoms with Crippen molar-refractivity contribution in [3.8, 4) is 5.75 Å². The number of hydrogen-bond acceptors (Lipinski definition) is 1. The first-order valence-corrected chi connectivity index (χ1v) is 6.74. The van der Waals surface area contributed by atoms with Gasteiger partial charge in [0.25, 0.3) is 0 Å². The Kier molecular flexibility index (Phi) is 4.23. The molecule has 16 heavy (non-hydrogen) atoms. The van der Waals surface area contributed by atoms with Crippen LogP contribution in [0.3, 0.4) is 0 Å². The number of ether oxygens (including phenoxy) is 1. The van der Waals surface area contributed by atoms with Gasteiger partial charge < -0.3 is 4.74 Å². The molecule has 0 fully saturated rings. The van der Waals surface area contributed by atoms with Crippen molar-refractivity contribution in [3.05, 3.63) is 62.1 Å². The van der Waals surface area contributed by atoms with Crippen LogP contribution in [0.25, 0.3) is 0 Å². The predicted molar refractivity (Wildman–Crippen MR) is 77.6 cm³/mol. The Morgan fingerprint density at radius 1 is 1.06 bits per heavy atom. The first-order chi connectivity index (χ1) is 7.74. The van der Waals surface area contributed by atoms with E-state index in [0.717, 1.165) is 13.8 Å². The van der Waals surface area contributed by atoms with Crippen LogP contribution in [-0.2, 0) is 6.61 Å². The molecule has 0 heterocycles. The minimum atomic E-state index is 0.605. The van der Waals surface area contributed by atoms with Crippen LogP contribution < -0.4 is 4.74 Å². The topological polar surface area (TPSA) is 9.23 Å². The maximum Gasteiger partial charge on any atom is 0.121 e. The molecule has 0 aliphatic rings. The standard InChI is InChI=1S/C13H10BrIO/c14-11-6-12(15)8-13(7-11)16-9-10-4-2-1-3-5-10/h1-8H,9H2. The second kappa shape index (κ2) is 5.68. The lowest BCUT2D eigenvalue weighted by atomic mass is 10.2. The summed E-state index contributed by atoms with van der Waals surface area (Å²) in [7, 11) is 0. The molecule has 2 rings (SSSR count). The molecule has 0 saturated carbocycles. The van der Waals surface area contributed by atoms with Gasteiger partial charge in [0, 0.05) is 8.04 Å². The summed E-state index contributed by atoms with van der Waals surface area (Å²) in [6.07, 6.45) is 0. The zero-order chi connectivity index (χ0) is 11.4. The summed E-state index contributed by atoms with van der Waals surface area (Å²) in [5.74, 6) is 0.891. The van der Waals surface area contributed by atoms with Gasteiger partial charge in [-0.15, -0.1) is 0 Å². The van der Waals surface area contributed by atoms with Gasteiger partial charge in [0.2, 0.25) is 0 Å². The van der Waals surface area contributed by atoms with Crippen molar-refractivity contribution >= 4 is 38.5 Å². The molecule has 0 amide bonds. The van der Waals surface area contributed by atoms with Crippen LogP contribution >= 0.6 is 38.5 Å². The molecule has 1 nitrogen and oxygen atoms in total. The van der Waals surface area contributed by atoms with Gasteiger partial charge in [-0.05, 0) is 46.4 Å².